The number of nitrogens with one attached hydrogen (secondary N) is 1. The van der Waals surface area contributed by atoms with Gasteiger partial charge in [0.15, 0.2) is 10.8 Å². The third-order valence-electron chi connectivity index (χ3n) is 3.35. The number of hydrogen-bond donors (Lipinski definition) is 3. The van der Waals surface area contributed by atoms with Crippen molar-refractivity contribution < 1.29 is 27.4 Å². The smallest absolute Gasteiger partial charge is 0.362 e. The Morgan fingerprint density at radius 3 is 2.62 bits per heavy atom. The van der Waals surface area contributed by atoms with Gasteiger partial charge in [-0.2, -0.15) is 8.42 Å². The van der Waals surface area contributed by atoms with E-state index in [0.717, 1.165) is 11.3 Å². The van der Waals surface area contributed by atoms with Crippen molar-refractivity contribution in [3.63, 3.8) is 0 Å². The normalized spacial score (nSPS) is 20.5. The van der Waals surface area contributed by atoms with Crippen molar-refractivity contribution in [2.24, 2.45) is 5.16 Å². The third-order valence-corrected chi connectivity index (χ3v) is 5.13. The molecular formula is C11H15N5O6S2. The number of nitrogens with two attached hydrogens (primary N) is 1. The fourth-order valence-corrected chi connectivity index (χ4v) is 3.88. The Morgan fingerprint density at radius 2 is 2.21 bits per heavy atom. The SMILES string of the molecule is CO/N=C(\C(=O)N[C@@H]1C(=O)N(S(=O)(=O)O)C1(C)C)c1csc(N)n1. The lowest BCUT2D eigenvalue weighted by atomic mass is 9.85. The molecule has 13 heteroatoms. The molecule has 0 spiro atoms. The van der Waals surface area contributed by atoms with Gasteiger partial charge in [0.2, 0.25) is 0 Å². The van der Waals surface area contributed by atoms with Crippen LogP contribution in [0.1, 0.15) is 19.5 Å². The van der Waals surface area contributed by atoms with Gasteiger partial charge in [0, 0.05) is 5.38 Å². The van der Waals surface area contributed by atoms with Gasteiger partial charge < -0.3 is 15.9 Å². The molecule has 0 unspecified atom stereocenters. The highest BCUT2D eigenvalue weighted by atomic mass is 32.2. The first-order chi connectivity index (χ1) is 11.0. The third kappa shape index (κ3) is 3.05. The number of hydrogen-bond acceptors (Lipinski definition) is 9. The Balaban J connectivity index is 2.23. The van der Waals surface area contributed by atoms with Crippen molar-refractivity contribution in [3.05, 3.63) is 11.1 Å². The van der Waals surface area contributed by atoms with E-state index in [0.29, 0.717) is 4.31 Å². The van der Waals surface area contributed by atoms with E-state index < -0.39 is 33.7 Å². The number of rotatable bonds is 5. The largest absolute Gasteiger partial charge is 0.398 e. The molecule has 1 aromatic heterocycles. The van der Waals surface area contributed by atoms with Gasteiger partial charge in [-0.3, -0.25) is 14.1 Å². The number of oxime groups is 1. The highest BCUT2D eigenvalue weighted by molar-refractivity contribution is 7.84. The molecular weight excluding hydrogens is 362 g/mol. The van der Waals surface area contributed by atoms with Gasteiger partial charge in [0.1, 0.15) is 18.8 Å². The molecule has 132 valence electrons. The van der Waals surface area contributed by atoms with E-state index in [1.165, 1.54) is 26.3 Å². The second kappa shape index (κ2) is 5.99. The number of thiazole rings is 1. The molecule has 0 bridgehead atoms. The van der Waals surface area contributed by atoms with E-state index in [2.05, 4.69) is 20.3 Å². The van der Waals surface area contributed by atoms with Crippen LogP contribution in [0.2, 0.25) is 0 Å². The summed E-state index contributed by atoms with van der Waals surface area (Å²) in [5.74, 6) is -1.77. The molecule has 2 heterocycles. The van der Waals surface area contributed by atoms with Crippen LogP contribution in [0.25, 0.3) is 0 Å². The van der Waals surface area contributed by atoms with Crippen LogP contribution in [0.5, 0.6) is 0 Å². The molecule has 0 aliphatic carbocycles. The summed E-state index contributed by atoms with van der Waals surface area (Å²) in [6.07, 6.45) is 0. The van der Waals surface area contributed by atoms with Crippen molar-refractivity contribution in [1.29, 1.82) is 0 Å². The number of nitrogen functional groups attached to an aromatic ring is 1. The van der Waals surface area contributed by atoms with E-state index in [-0.39, 0.29) is 16.5 Å². The fraction of sp³-hybridized carbons (Fsp3) is 0.455. The Morgan fingerprint density at radius 1 is 1.58 bits per heavy atom. The van der Waals surface area contributed by atoms with Crippen molar-refractivity contribution in [2.75, 3.05) is 12.8 Å². The zero-order valence-corrected chi connectivity index (χ0v) is 14.5. The van der Waals surface area contributed by atoms with Gasteiger partial charge in [-0.05, 0) is 13.8 Å². The zero-order chi connectivity index (χ0) is 18.3. The van der Waals surface area contributed by atoms with E-state index >= 15 is 0 Å². The molecule has 1 aromatic rings. The van der Waals surface area contributed by atoms with Crippen LogP contribution >= 0.6 is 11.3 Å². The molecule has 4 N–H and O–H groups in total. The number of β-lactam (4-membered cyclic amide) rings is 1. The van der Waals surface area contributed by atoms with Crippen LogP contribution in [-0.2, 0) is 24.7 Å². The predicted molar refractivity (Wildman–Crippen MR) is 84.5 cm³/mol. The molecule has 1 fully saturated rings. The quantitative estimate of drug-likeness (QED) is 0.254. The first kappa shape index (κ1) is 18.1. The minimum Gasteiger partial charge on any atom is -0.398 e. The summed E-state index contributed by atoms with van der Waals surface area (Å²) in [5, 5.41) is 7.60. The second-order valence-corrected chi connectivity index (χ2v) is 7.48. The molecule has 0 radical (unpaired) electrons. The summed E-state index contributed by atoms with van der Waals surface area (Å²) in [6.45, 7) is 2.75. The minimum absolute atomic E-state index is 0.146. The molecule has 24 heavy (non-hydrogen) atoms. The van der Waals surface area contributed by atoms with Crippen molar-refractivity contribution >= 4 is 44.3 Å². The zero-order valence-electron chi connectivity index (χ0n) is 12.9. The lowest BCUT2D eigenvalue weighted by molar-refractivity contribution is -0.151. The Labute approximate surface area is 141 Å². The number of aromatic nitrogens is 1. The van der Waals surface area contributed by atoms with Crippen LogP contribution in [0.15, 0.2) is 10.5 Å². The number of nitrogens with zero attached hydrogens (tertiary/aromatic N) is 3. The van der Waals surface area contributed by atoms with Crippen LogP contribution in [0.4, 0.5) is 5.13 Å². The average molecular weight is 377 g/mol. The van der Waals surface area contributed by atoms with Gasteiger partial charge in [-0.15, -0.1) is 11.3 Å². The molecule has 1 atom stereocenters. The van der Waals surface area contributed by atoms with E-state index in [1.807, 2.05) is 0 Å². The molecule has 1 aliphatic rings. The summed E-state index contributed by atoms with van der Waals surface area (Å²) in [6, 6.07) is -1.18. The van der Waals surface area contributed by atoms with Gasteiger partial charge in [-0.1, -0.05) is 5.16 Å². The fourth-order valence-electron chi connectivity index (χ4n) is 2.30. The van der Waals surface area contributed by atoms with E-state index in [4.69, 9.17) is 10.3 Å². The average Bonchev–Trinajstić information content (AvgIpc) is 2.86. The molecule has 11 nitrogen and oxygen atoms in total. The van der Waals surface area contributed by atoms with Crippen LogP contribution < -0.4 is 11.1 Å². The standard InChI is InChI=1S/C11H15N5O6S2/c1-11(2)7(9(18)16(11)24(19,20)21)14-8(17)6(15-22-3)5-4-23-10(12)13-5/h4,7H,1-3H3,(H2,12,13)(H,14,17)(H,19,20,21)/b15-6-/t7-/m1/s1. The Kier molecular flexibility index (Phi) is 4.52. The van der Waals surface area contributed by atoms with Crippen LogP contribution in [-0.4, -0.2) is 58.5 Å². The van der Waals surface area contributed by atoms with Gasteiger partial charge in [0.05, 0.1) is 5.54 Å². The van der Waals surface area contributed by atoms with Crippen LogP contribution in [0, 0.1) is 0 Å². The monoisotopic (exact) mass is 377 g/mol. The van der Waals surface area contributed by atoms with Gasteiger partial charge in [0.25, 0.3) is 11.8 Å². The number of carbonyl (C=O) groups excluding carboxylic acids is 2. The molecule has 1 aliphatic heterocycles. The van der Waals surface area contributed by atoms with Crippen molar-refractivity contribution in [3.8, 4) is 0 Å². The first-order valence-corrected chi connectivity index (χ1v) is 8.73. The summed E-state index contributed by atoms with van der Waals surface area (Å²) >= 11 is 1.08. The highest BCUT2D eigenvalue weighted by Gasteiger charge is 2.60. The Bertz CT molecular complexity index is 815. The predicted octanol–water partition coefficient (Wildman–Crippen LogP) is -1.02. The lowest BCUT2D eigenvalue weighted by Crippen LogP contribution is -2.77. The van der Waals surface area contributed by atoms with Crippen LogP contribution in [0.3, 0.4) is 0 Å². The summed E-state index contributed by atoms with van der Waals surface area (Å²) in [4.78, 5) is 32.8. The van der Waals surface area contributed by atoms with E-state index in [9.17, 15) is 18.0 Å². The molecule has 2 amide bonds. The second-order valence-electron chi connectivity index (χ2n) is 5.33. The maximum atomic E-state index is 12.4. The minimum atomic E-state index is -4.72. The highest BCUT2D eigenvalue weighted by Crippen LogP contribution is 2.34. The number of anilines is 1. The van der Waals surface area contributed by atoms with Gasteiger partial charge in [-0.25, -0.2) is 9.29 Å². The maximum absolute atomic E-state index is 12.4. The topological polar surface area (TPSA) is 164 Å². The van der Waals surface area contributed by atoms with Crippen molar-refractivity contribution in [2.45, 2.75) is 25.4 Å². The van der Waals surface area contributed by atoms with Crippen molar-refractivity contribution in [1.82, 2.24) is 14.6 Å². The Hall–Kier alpha value is -2.25. The lowest BCUT2D eigenvalue weighted by Gasteiger charge is -2.50. The number of carbonyl (C=O) groups is 2. The number of amides is 2. The molecule has 0 aromatic carbocycles. The van der Waals surface area contributed by atoms with E-state index in [1.54, 1.807) is 0 Å². The summed E-state index contributed by atoms with van der Waals surface area (Å²) < 4.78 is 31.8. The molecule has 0 saturated carbocycles. The molecule has 2 rings (SSSR count). The first-order valence-electron chi connectivity index (χ1n) is 6.45. The van der Waals surface area contributed by atoms with Gasteiger partial charge >= 0.3 is 10.3 Å². The summed E-state index contributed by atoms with van der Waals surface area (Å²) in [7, 11) is -3.50. The molecule has 1 saturated heterocycles. The maximum Gasteiger partial charge on any atom is 0.362 e. The summed E-state index contributed by atoms with van der Waals surface area (Å²) in [5.41, 5.74) is 4.08.